The van der Waals surface area contributed by atoms with Gasteiger partial charge in [-0.1, -0.05) is 23.7 Å². The molecule has 0 amide bonds. The smallest absolute Gasteiger partial charge is 0.0966 e. The molecule has 0 atom stereocenters. The zero-order valence-corrected chi connectivity index (χ0v) is 13.1. The second-order valence-electron chi connectivity index (χ2n) is 5.75. The number of aryl methyl sites for hydroxylation is 1. The van der Waals surface area contributed by atoms with E-state index in [1.165, 1.54) is 17.7 Å². The van der Waals surface area contributed by atoms with E-state index < -0.39 is 0 Å². The average molecular weight is 310 g/mol. The average Bonchev–Trinajstić information content (AvgIpc) is 2.54. The molecule has 0 fully saturated rings. The highest BCUT2D eigenvalue weighted by Gasteiger charge is 2.16. The van der Waals surface area contributed by atoms with Crippen LogP contribution in [0.1, 0.15) is 12.0 Å². The molecule has 22 heavy (non-hydrogen) atoms. The molecule has 0 saturated heterocycles. The van der Waals surface area contributed by atoms with Crippen molar-refractivity contribution in [1.29, 1.82) is 0 Å². The summed E-state index contributed by atoms with van der Waals surface area (Å²) in [6.07, 6.45) is 5.79. The quantitative estimate of drug-likeness (QED) is 0.670. The van der Waals surface area contributed by atoms with Crippen LogP contribution in [0.25, 0.3) is 22.2 Å². The second kappa shape index (κ2) is 5.25. The fraction of sp³-hybridized carbons (Fsp3) is 0.222. The molecule has 3 aromatic rings. The van der Waals surface area contributed by atoms with Gasteiger partial charge >= 0.3 is 0 Å². The Kier molecular flexibility index (Phi) is 3.23. The molecule has 0 unspecified atom stereocenters. The third kappa shape index (κ3) is 2.22. The monoisotopic (exact) mass is 309 g/mol. The lowest BCUT2D eigenvalue weighted by Crippen LogP contribution is -2.24. The van der Waals surface area contributed by atoms with Crippen LogP contribution in [-0.2, 0) is 6.42 Å². The number of nitrogens with zero attached hydrogens (tertiary/aromatic N) is 3. The van der Waals surface area contributed by atoms with Crippen molar-refractivity contribution in [2.45, 2.75) is 12.8 Å². The van der Waals surface area contributed by atoms with Crippen LogP contribution in [0.15, 0.2) is 42.7 Å². The minimum absolute atomic E-state index is 0.689. The summed E-state index contributed by atoms with van der Waals surface area (Å²) in [6.45, 7) is 1.10. The number of hydrogen-bond acceptors (Lipinski definition) is 3. The summed E-state index contributed by atoms with van der Waals surface area (Å²) in [6, 6.07) is 10.5. The van der Waals surface area contributed by atoms with E-state index in [1.54, 1.807) is 12.4 Å². The van der Waals surface area contributed by atoms with E-state index in [4.69, 9.17) is 11.6 Å². The molecule has 1 aromatic heterocycles. The number of hydrogen-bond donors (Lipinski definition) is 0. The second-order valence-corrected chi connectivity index (χ2v) is 6.18. The number of aromatic nitrogens is 2. The fourth-order valence-electron chi connectivity index (χ4n) is 3.19. The van der Waals surface area contributed by atoms with Gasteiger partial charge in [-0.15, -0.1) is 0 Å². The van der Waals surface area contributed by atoms with Crippen molar-refractivity contribution in [3.05, 3.63) is 53.3 Å². The minimum atomic E-state index is 0.689. The van der Waals surface area contributed by atoms with Gasteiger partial charge < -0.3 is 4.90 Å². The van der Waals surface area contributed by atoms with Crippen LogP contribution >= 0.6 is 11.6 Å². The lowest BCUT2D eigenvalue weighted by atomic mass is 9.96. The maximum Gasteiger partial charge on any atom is 0.0966 e. The number of fused-ring (bicyclic) bond motifs is 2. The molecule has 2 heterocycles. The van der Waals surface area contributed by atoms with Crippen molar-refractivity contribution in [2.24, 2.45) is 0 Å². The van der Waals surface area contributed by atoms with Crippen molar-refractivity contribution in [3.8, 4) is 11.1 Å². The molecule has 110 valence electrons. The van der Waals surface area contributed by atoms with Gasteiger partial charge in [-0.3, -0.25) is 9.97 Å². The number of rotatable bonds is 1. The molecular formula is C18H16ClN3. The Labute approximate surface area is 134 Å². The van der Waals surface area contributed by atoms with Crippen molar-refractivity contribution in [2.75, 3.05) is 18.5 Å². The first-order valence-corrected chi connectivity index (χ1v) is 7.85. The van der Waals surface area contributed by atoms with Crippen LogP contribution in [0.5, 0.6) is 0 Å². The van der Waals surface area contributed by atoms with E-state index in [2.05, 4.69) is 40.1 Å². The Morgan fingerprint density at radius 2 is 1.95 bits per heavy atom. The highest BCUT2D eigenvalue weighted by molar-refractivity contribution is 6.31. The molecule has 0 bridgehead atoms. The molecule has 1 aliphatic heterocycles. The normalized spacial score (nSPS) is 14.2. The largest absolute Gasteiger partial charge is 0.374 e. The summed E-state index contributed by atoms with van der Waals surface area (Å²) in [5.41, 5.74) is 6.62. The van der Waals surface area contributed by atoms with Crippen LogP contribution in [0.4, 0.5) is 5.69 Å². The molecule has 0 radical (unpaired) electrons. The number of halogens is 1. The third-order valence-corrected chi connectivity index (χ3v) is 4.50. The molecule has 0 aliphatic carbocycles. The fourth-order valence-corrected chi connectivity index (χ4v) is 3.40. The first kappa shape index (κ1) is 13.5. The lowest BCUT2D eigenvalue weighted by Gasteiger charge is -2.28. The molecular weight excluding hydrogens is 294 g/mol. The molecule has 0 saturated carbocycles. The molecule has 1 aliphatic rings. The highest BCUT2D eigenvalue weighted by atomic mass is 35.5. The number of anilines is 1. The van der Waals surface area contributed by atoms with Crippen molar-refractivity contribution >= 4 is 28.3 Å². The van der Waals surface area contributed by atoms with Gasteiger partial charge in [0.2, 0.25) is 0 Å². The topological polar surface area (TPSA) is 29.0 Å². The first-order valence-electron chi connectivity index (χ1n) is 7.47. The van der Waals surface area contributed by atoms with Gasteiger partial charge in [0.05, 0.1) is 11.0 Å². The van der Waals surface area contributed by atoms with Crippen molar-refractivity contribution in [3.63, 3.8) is 0 Å². The lowest BCUT2D eigenvalue weighted by molar-refractivity contribution is 0.745. The Bertz CT molecular complexity index is 860. The molecule has 4 heteroatoms. The standard InChI is InChI=1S/C18H16ClN3/c1-22-8-2-3-12-4-5-13(9-17(12)22)15-10-14(19)11-16-18(15)21-7-6-20-16/h4-7,9-11H,2-3,8H2,1H3. The van der Waals surface area contributed by atoms with Crippen LogP contribution in [0.3, 0.4) is 0 Å². The van der Waals surface area contributed by atoms with Gasteiger partial charge in [-0.2, -0.15) is 0 Å². The summed E-state index contributed by atoms with van der Waals surface area (Å²) in [4.78, 5) is 11.2. The zero-order chi connectivity index (χ0) is 15.1. The van der Waals surface area contributed by atoms with Gasteiger partial charge in [-0.25, -0.2) is 0 Å². The van der Waals surface area contributed by atoms with Gasteiger partial charge in [-0.05, 0) is 42.2 Å². The Morgan fingerprint density at radius 3 is 2.86 bits per heavy atom. The van der Waals surface area contributed by atoms with Crippen molar-refractivity contribution in [1.82, 2.24) is 9.97 Å². The zero-order valence-electron chi connectivity index (χ0n) is 12.4. The molecule has 0 N–H and O–H groups in total. The predicted molar refractivity (Wildman–Crippen MR) is 91.6 cm³/mol. The van der Waals surface area contributed by atoms with Gasteiger partial charge in [0.15, 0.2) is 0 Å². The molecule has 2 aromatic carbocycles. The Morgan fingerprint density at radius 1 is 1.09 bits per heavy atom. The maximum absolute atomic E-state index is 6.27. The van der Waals surface area contributed by atoms with E-state index in [1.807, 2.05) is 12.1 Å². The Hall–Kier alpha value is -2.13. The summed E-state index contributed by atoms with van der Waals surface area (Å²) in [5, 5.41) is 0.689. The van der Waals surface area contributed by atoms with E-state index in [-0.39, 0.29) is 0 Å². The SMILES string of the molecule is CN1CCCc2ccc(-c3cc(Cl)cc4nccnc34)cc21. The van der Waals surface area contributed by atoms with Crippen LogP contribution in [-0.4, -0.2) is 23.6 Å². The highest BCUT2D eigenvalue weighted by Crippen LogP contribution is 2.35. The molecule has 4 rings (SSSR count). The summed E-state index contributed by atoms with van der Waals surface area (Å²) in [5.74, 6) is 0. The van der Waals surface area contributed by atoms with Crippen molar-refractivity contribution < 1.29 is 0 Å². The van der Waals surface area contributed by atoms with Crippen LogP contribution < -0.4 is 4.90 Å². The summed E-state index contributed by atoms with van der Waals surface area (Å²) < 4.78 is 0. The minimum Gasteiger partial charge on any atom is -0.374 e. The molecule has 0 spiro atoms. The van der Waals surface area contributed by atoms with Crippen LogP contribution in [0.2, 0.25) is 5.02 Å². The van der Waals surface area contributed by atoms with Gasteiger partial charge in [0, 0.05) is 42.3 Å². The molecule has 3 nitrogen and oxygen atoms in total. The number of benzene rings is 2. The van der Waals surface area contributed by atoms with Gasteiger partial charge in [0.25, 0.3) is 0 Å². The Balaban J connectivity index is 1.94. The van der Waals surface area contributed by atoms with Crippen LogP contribution in [0, 0.1) is 0 Å². The predicted octanol–water partition coefficient (Wildman–Crippen LogP) is 4.33. The van der Waals surface area contributed by atoms with E-state index in [0.717, 1.165) is 35.1 Å². The first-order chi connectivity index (χ1) is 10.7. The van der Waals surface area contributed by atoms with Gasteiger partial charge in [0.1, 0.15) is 0 Å². The summed E-state index contributed by atoms with van der Waals surface area (Å²) >= 11 is 6.27. The van der Waals surface area contributed by atoms with E-state index in [9.17, 15) is 0 Å². The third-order valence-electron chi connectivity index (χ3n) is 4.29. The van der Waals surface area contributed by atoms with E-state index >= 15 is 0 Å². The summed E-state index contributed by atoms with van der Waals surface area (Å²) in [7, 11) is 2.15. The van der Waals surface area contributed by atoms with E-state index in [0.29, 0.717) is 5.02 Å². The maximum atomic E-state index is 6.27.